The minimum absolute atomic E-state index is 0.0656. The maximum absolute atomic E-state index is 12.9. The van der Waals surface area contributed by atoms with Crippen molar-refractivity contribution in [2.45, 2.75) is 38.6 Å². The van der Waals surface area contributed by atoms with E-state index in [1.165, 1.54) is 0 Å². The van der Waals surface area contributed by atoms with Crippen LogP contribution in [0.2, 0.25) is 0 Å². The fraction of sp³-hybridized carbons (Fsp3) is 0.409. The second-order valence-electron chi connectivity index (χ2n) is 7.22. The van der Waals surface area contributed by atoms with E-state index in [0.29, 0.717) is 55.7 Å². The molecule has 2 aromatic heterocycles. The van der Waals surface area contributed by atoms with Gasteiger partial charge in [0.1, 0.15) is 23.4 Å². The molecule has 0 spiro atoms. The van der Waals surface area contributed by atoms with Gasteiger partial charge in [-0.15, -0.1) is 0 Å². The average Bonchev–Trinajstić information content (AvgIpc) is 3.23. The molecule has 1 amide bonds. The Labute approximate surface area is 168 Å². The van der Waals surface area contributed by atoms with E-state index in [1.54, 1.807) is 6.07 Å². The van der Waals surface area contributed by atoms with Crippen LogP contribution in [0.5, 0.6) is 0 Å². The van der Waals surface area contributed by atoms with E-state index in [-0.39, 0.29) is 17.5 Å². The number of aryl methyl sites for hydroxylation is 2. The first-order chi connectivity index (χ1) is 14.2. The van der Waals surface area contributed by atoms with Gasteiger partial charge in [0.15, 0.2) is 0 Å². The molecule has 29 heavy (non-hydrogen) atoms. The van der Waals surface area contributed by atoms with Crippen molar-refractivity contribution in [2.75, 3.05) is 19.8 Å². The number of ether oxygens (including phenoxy) is 1. The number of para-hydroxylation sites is 1. The molecule has 1 aliphatic rings. The van der Waals surface area contributed by atoms with Gasteiger partial charge in [-0.05, 0) is 30.7 Å². The zero-order valence-electron chi connectivity index (χ0n) is 16.5. The molecule has 152 valence electrons. The summed E-state index contributed by atoms with van der Waals surface area (Å²) in [6, 6.07) is 11.0. The van der Waals surface area contributed by atoms with Crippen molar-refractivity contribution in [3.8, 4) is 0 Å². The summed E-state index contributed by atoms with van der Waals surface area (Å²) in [6.45, 7) is 3.57. The number of furan rings is 1. The van der Waals surface area contributed by atoms with Crippen LogP contribution in [-0.2, 0) is 22.4 Å². The number of H-pyrrole nitrogens is 1. The maximum atomic E-state index is 12.9. The Morgan fingerprint density at radius 1 is 1.28 bits per heavy atom. The van der Waals surface area contributed by atoms with Gasteiger partial charge in [0, 0.05) is 25.8 Å². The van der Waals surface area contributed by atoms with Crippen molar-refractivity contribution in [3.05, 3.63) is 64.1 Å². The van der Waals surface area contributed by atoms with E-state index >= 15 is 0 Å². The molecule has 4 rings (SSSR count). The molecule has 1 aliphatic heterocycles. The molecular weight excluding hydrogens is 370 g/mol. The third kappa shape index (κ3) is 4.24. The van der Waals surface area contributed by atoms with Gasteiger partial charge in [-0.25, -0.2) is 4.98 Å². The topological polar surface area (TPSA) is 88.4 Å². The quantitative estimate of drug-likeness (QED) is 0.693. The number of carbonyl (C=O) groups excluding carboxylic acids is 1. The second kappa shape index (κ2) is 8.61. The lowest BCUT2D eigenvalue weighted by Crippen LogP contribution is -2.43. The number of aromatic amines is 1. The molecule has 1 unspecified atom stereocenters. The highest BCUT2D eigenvalue weighted by atomic mass is 16.5. The van der Waals surface area contributed by atoms with Gasteiger partial charge in [-0.2, -0.15) is 0 Å². The number of nitrogens with one attached hydrogen (secondary N) is 1. The summed E-state index contributed by atoms with van der Waals surface area (Å²) < 4.78 is 11.4. The van der Waals surface area contributed by atoms with Crippen LogP contribution in [0.25, 0.3) is 10.9 Å². The van der Waals surface area contributed by atoms with Crippen LogP contribution in [0.3, 0.4) is 0 Å². The summed E-state index contributed by atoms with van der Waals surface area (Å²) in [5, 5.41) is 0.577. The standard InChI is InChI=1S/C22H25N3O4/c1-2-15-10-11-19(29-15)18-14-28-13-12-25(18)21(26)9-5-8-20-23-17-7-4-3-6-16(17)22(27)24-20/h3-4,6-7,10-11,18H,2,5,8-9,12-14H2,1H3,(H,23,24,27). The van der Waals surface area contributed by atoms with Crippen LogP contribution < -0.4 is 5.56 Å². The van der Waals surface area contributed by atoms with E-state index in [1.807, 2.05) is 42.2 Å². The van der Waals surface area contributed by atoms with E-state index in [4.69, 9.17) is 9.15 Å². The summed E-state index contributed by atoms with van der Waals surface area (Å²) in [7, 11) is 0. The molecule has 1 fully saturated rings. The molecule has 1 saturated heterocycles. The number of hydrogen-bond donors (Lipinski definition) is 1. The minimum atomic E-state index is -0.185. The molecular formula is C22H25N3O4. The van der Waals surface area contributed by atoms with Crippen molar-refractivity contribution in [1.29, 1.82) is 0 Å². The van der Waals surface area contributed by atoms with Crippen LogP contribution in [0.1, 0.15) is 43.2 Å². The van der Waals surface area contributed by atoms with Crippen molar-refractivity contribution in [1.82, 2.24) is 14.9 Å². The van der Waals surface area contributed by atoms with Gasteiger partial charge in [-0.1, -0.05) is 19.1 Å². The smallest absolute Gasteiger partial charge is 0.258 e. The third-order valence-corrected chi connectivity index (χ3v) is 5.27. The Morgan fingerprint density at radius 3 is 2.97 bits per heavy atom. The van der Waals surface area contributed by atoms with E-state index in [0.717, 1.165) is 17.9 Å². The molecule has 3 heterocycles. The number of morpholine rings is 1. The summed E-state index contributed by atoms with van der Waals surface area (Å²) in [4.78, 5) is 34.2. The SMILES string of the molecule is CCc1ccc(C2COCCN2C(=O)CCCc2nc3ccccc3c(=O)[nH]2)o1. The molecule has 7 heteroatoms. The Morgan fingerprint density at radius 2 is 2.14 bits per heavy atom. The first-order valence-electron chi connectivity index (χ1n) is 10.1. The summed E-state index contributed by atoms with van der Waals surface area (Å²) in [5.74, 6) is 2.36. The normalized spacial score (nSPS) is 17.0. The number of rotatable bonds is 6. The number of amides is 1. The van der Waals surface area contributed by atoms with Crippen LogP contribution in [0.4, 0.5) is 0 Å². The largest absolute Gasteiger partial charge is 0.464 e. The number of nitrogens with zero attached hydrogens (tertiary/aromatic N) is 2. The van der Waals surface area contributed by atoms with Gasteiger partial charge in [-0.3, -0.25) is 9.59 Å². The molecule has 0 saturated carbocycles. The van der Waals surface area contributed by atoms with Crippen molar-refractivity contribution < 1.29 is 13.9 Å². The highest BCUT2D eigenvalue weighted by Crippen LogP contribution is 2.27. The predicted octanol–water partition coefficient (Wildman–Crippen LogP) is 3.00. The zero-order chi connectivity index (χ0) is 20.2. The summed E-state index contributed by atoms with van der Waals surface area (Å²) >= 11 is 0. The van der Waals surface area contributed by atoms with Gasteiger partial charge < -0.3 is 19.0 Å². The lowest BCUT2D eigenvalue weighted by molar-refractivity contribution is -0.141. The van der Waals surface area contributed by atoms with Gasteiger partial charge in [0.05, 0.1) is 24.1 Å². The fourth-order valence-electron chi connectivity index (χ4n) is 3.71. The Hall–Kier alpha value is -2.93. The molecule has 0 aliphatic carbocycles. The van der Waals surface area contributed by atoms with Crippen LogP contribution in [-0.4, -0.2) is 40.5 Å². The van der Waals surface area contributed by atoms with Crippen molar-refractivity contribution in [3.63, 3.8) is 0 Å². The lowest BCUT2D eigenvalue weighted by Gasteiger charge is -2.34. The van der Waals surface area contributed by atoms with E-state index in [9.17, 15) is 9.59 Å². The summed E-state index contributed by atoms with van der Waals surface area (Å²) in [6.07, 6.45) is 2.36. The first kappa shape index (κ1) is 19.4. The van der Waals surface area contributed by atoms with Crippen LogP contribution in [0, 0.1) is 0 Å². The lowest BCUT2D eigenvalue weighted by atomic mass is 10.1. The zero-order valence-corrected chi connectivity index (χ0v) is 16.5. The minimum Gasteiger partial charge on any atom is -0.464 e. The van der Waals surface area contributed by atoms with Gasteiger partial charge >= 0.3 is 0 Å². The average molecular weight is 395 g/mol. The summed E-state index contributed by atoms with van der Waals surface area (Å²) in [5.41, 5.74) is 0.532. The number of hydrogen-bond acceptors (Lipinski definition) is 5. The Balaban J connectivity index is 1.40. The molecule has 1 aromatic carbocycles. The monoisotopic (exact) mass is 395 g/mol. The number of carbonyl (C=O) groups is 1. The number of benzene rings is 1. The molecule has 7 nitrogen and oxygen atoms in total. The second-order valence-corrected chi connectivity index (χ2v) is 7.22. The Bertz CT molecular complexity index is 1060. The highest BCUT2D eigenvalue weighted by Gasteiger charge is 2.30. The molecule has 1 N–H and O–H groups in total. The van der Waals surface area contributed by atoms with Crippen LogP contribution >= 0.6 is 0 Å². The Kier molecular flexibility index (Phi) is 5.76. The molecule has 0 radical (unpaired) electrons. The van der Waals surface area contributed by atoms with E-state index in [2.05, 4.69) is 9.97 Å². The first-order valence-corrected chi connectivity index (χ1v) is 10.1. The van der Waals surface area contributed by atoms with Crippen molar-refractivity contribution >= 4 is 16.8 Å². The molecule has 1 atom stereocenters. The number of fused-ring (bicyclic) bond motifs is 1. The molecule has 0 bridgehead atoms. The van der Waals surface area contributed by atoms with E-state index < -0.39 is 0 Å². The third-order valence-electron chi connectivity index (χ3n) is 5.27. The van der Waals surface area contributed by atoms with Crippen LogP contribution in [0.15, 0.2) is 45.6 Å². The molecule has 3 aromatic rings. The van der Waals surface area contributed by atoms with Gasteiger partial charge in [0.25, 0.3) is 5.56 Å². The number of aromatic nitrogens is 2. The predicted molar refractivity (Wildman–Crippen MR) is 109 cm³/mol. The van der Waals surface area contributed by atoms with Gasteiger partial charge in [0.2, 0.25) is 5.91 Å². The maximum Gasteiger partial charge on any atom is 0.258 e. The highest BCUT2D eigenvalue weighted by molar-refractivity contribution is 5.77. The van der Waals surface area contributed by atoms with Crippen molar-refractivity contribution in [2.24, 2.45) is 0 Å². The fourth-order valence-corrected chi connectivity index (χ4v) is 3.71.